The number of aryl methyl sites for hydroxylation is 1. The molecule has 0 atom stereocenters. The van der Waals surface area contributed by atoms with Crippen LogP contribution in [0.4, 0.5) is 0 Å². The smallest absolute Gasteiger partial charge is 0.358 e. The van der Waals surface area contributed by atoms with E-state index in [1.165, 1.54) is 17.8 Å². The first-order valence-corrected chi connectivity index (χ1v) is 5.25. The summed E-state index contributed by atoms with van der Waals surface area (Å²) in [5.74, 6) is 0.195. The summed E-state index contributed by atoms with van der Waals surface area (Å²) in [6.45, 7) is 1.69. The van der Waals surface area contributed by atoms with E-state index in [9.17, 15) is 4.79 Å². The van der Waals surface area contributed by atoms with Gasteiger partial charge in [0.15, 0.2) is 5.69 Å². The number of nitrogens with zero attached hydrogens (tertiary/aromatic N) is 3. The Labute approximate surface area is 93.8 Å². The van der Waals surface area contributed by atoms with Crippen LogP contribution >= 0.6 is 11.8 Å². The number of carboxylic acids is 1. The topological polar surface area (TPSA) is 102 Å². The number of hydrogen-bond donors (Lipinski definition) is 1. The van der Waals surface area contributed by atoms with Gasteiger partial charge in [0, 0.05) is 13.0 Å². The fourth-order valence-corrected chi connectivity index (χ4v) is 1.63. The van der Waals surface area contributed by atoms with Crippen molar-refractivity contribution in [3.05, 3.63) is 23.4 Å². The molecule has 0 aliphatic carbocycles. The molecule has 0 radical (unpaired) electrons. The monoisotopic (exact) mass is 241 g/mol. The van der Waals surface area contributed by atoms with Crippen LogP contribution in [-0.4, -0.2) is 26.4 Å². The molecule has 0 aliphatic rings. The maximum atomic E-state index is 10.5. The molecule has 0 bridgehead atoms. The summed E-state index contributed by atoms with van der Waals surface area (Å²) in [5, 5.41) is 19.8. The predicted octanol–water partition coefficient (Wildman–Crippen LogP) is 1.36. The van der Waals surface area contributed by atoms with Crippen LogP contribution in [0.2, 0.25) is 0 Å². The Balaban J connectivity index is 1.97. The Kier molecular flexibility index (Phi) is 2.91. The predicted molar refractivity (Wildman–Crippen MR) is 52.1 cm³/mol. The molecule has 0 aliphatic heterocycles. The third-order valence-corrected chi connectivity index (χ3v) is 2.46. The van der Waals surface area contributed by atoms with E-state index in [0.717, 1.165) is 0 Å². The van der Waals surface area contributed by atoms with Gasteiger partial charge in [-0.3, -0.25) is 0 Å². The molecule has 2 rings (SSSR count). The summed E-state index contributed by atoms with van der Waals surface area (Å²) < 4.78 is 9.93. The molecule has 0 unspecified atom stereocenters. The molecule has 0 saturated carbocycles. The van der Waals surface area contributed by atoms with E-state index in [2.05, 4.69) is 15.4 Å². The Bertz CT molecular complexity index is 507. The summed E-state index contributed by atoms with van der Waals surface area (Å²) >= 11 is 1.25. The van der Waals surface area contributed by atoms with Crippen LogP contribution in [0, 0.1) is 6.92 Å². The van der Waals surface area contributed by atoms with Crippen molar-refractivity contribution in [2.75, 3.05) is 0 Å². The standard InChI is InChI=1S/C8H7N3O4S/c1-4-9-10-8(14-4)16-3-5-2-6(7(12)13)11-15-5/h2H,3H2,1H3,(H,12,13). The number of hydrogen-bond acceptors (Lipinski definition) is 7. The zero-order valence-electron chi connectivity index (χ0n) is 8.21. The van der Waals surface area contributed by atoms with Crippen LogP contribution in [0.3, 0.4) is 0 Å². The van der Waals surface area contributed by atoms with Crippen molar-refractivity contribution in [1.82, 2.24) is 15.4 Å². The Morgan fingerprint density at radius 3 is 2.94 bits per heavy atom. The number of aromatic carboxylic acids is 1. The van der Waals surface area contributed by atoms with Crippen molar-refractivity contribution in [2.24, 2.45) is 0 Å². The summed E-state index contributed by atoms with van der Waals surface area (Å²) in [7, 11) is 0. The average Bonchev–Trinajstić information content (AvgIpc) is 2.83. The van der Waals surface area contributed by atoms with Crippen LogP contribution in [0.25, 0.3) is 0 Å². The van der Waals surface area contributed by atoms with Crippen molar-refractivity contribution in [3.63, 3.8) is 0 Å². The number of thioether (sulfide) groups is 1. The molecular formula is C8H7N3O4S. The zero-order valence-corrected chi connectivity index (χ0v) is 9.02. The van der Waals surface area contributed by atoms with E-state index in [1.54, 1.807) is 6.92 Å². The first-order valence-electron chi connectivity index (χ1n) is 4.27. The largest absolute Gasteiger partial charge is 0.476 e. The molecule has 2 aromatic rings. The first-order chi connectivity index (χ1) is 7.65. The second-order valence-electron chi connectivity index (χ2n) is 2.86. The highest BCUT2D eigenvalue weighted by atomic mass is 32.2. The van der Waals surface area contributed by atoms with Crippen molar-refractivity contribution < 1.29 is 18.8 Å². The van der Waals surface area contributed by atoms with Gasteiger partial charge in [-0.2, -0.15) is 0 Å². The second kappa shape index (κ2) is 4.35. The molecule has 2 aromatic heterocycles. The molecule has 1 N–H and O–H groups in total. The molecule has 2 heterocycles. The van der Waals surface area contributed by atoms with Gasteiger partial charge in [-0.15, -0.1) is 10.2 Å². The fourth-order valence-electron chi connectivity index (χ4n) is 0.951. The minimum atomic E-state index is -1.12. The van der Waals surface area contributed by atoms with Crippen molar-refractivity contribution in [3.8, 4) is 0 Å². The summed E-state index contributed by atoms with van der Waals surface area (Å²) in [6, 6.07) is 1.36. The molecular weight excluding hydrogens is 234 g/mol. The van der Waals surface area contributed by atoms with Crippen LogP contribution in [0.5, 0.6) is 0 Å². The van der Waals surface area contributed by atoms with Gasteiger partial charge >= 0.3 is 5.97 Å². The molecule has 0 aromatic carbocycles. The van der Waals surface area contributed by atoms with E-state index in [0.29, 0.717) is 22.6 Å². The molecule has 7 nitrogen and oxygen atoms in total. The molecule has 0 spiro atoms. The third kappa shape index (κ3) is 2.40. The van der Waals surface area contributed by atoms with E-state index < -0.39 is 5.97 Å². The van der Waals surface area contributed by atoms with Gasteiger partial charge < -0.3 is 14.0 Å². The van der Waals surface area contributed by atoms with Gasteiger partial charge in [-0.25, -0.2) is 4.79 Å². The highest BCUT2D eigenvalue weighted by Crippen LogP contribution is 2.21. The minimum absolute atomic E-state index is 0.114. The Morgan fingerprint density at radius 2 is 2.38 bits per heavy atom. The molecule has 84 valence electrons. The van der Waals surface area contributed by atoms with Crippen molar-refractivity contribution in [2.45, 2.75) is 17.9 Å². The Morgan fingerprint density at radius 1 is 1.56 bits per heavy atom. The fraction of sp³-hybridized carbons (Fsp3) is 0.250. The molecule has 0 fully saturated rings. The average molecular weight is 241 g/mol. The van der Waals surface area contributed by atoms with Gasteiger partial charge in [0.25, 0.3) is 5.22 Å². The molecule has 0 saturated heterocycles. The van der Waals surface area contributed by atoms with E-state index in [1.807, 2.05) is 0 Å². The highest BCUT2D eigenvalue weighted by Gasteiger charge is 2.12. The lowest BCUT2D eigenvalue weighted by Gasteiger charge is -1.89. The normalized spacial score (nSPS) is 10.6. The Hall–Kier alpha value is -1.83. The van der Waals surface area contributed by atoms with Crippen molar-refractivity contribution in [1.29, 1.82) is 0 Å². The lowest BCUT2D eigenvalue weighted by molar-refractivity contribution is 0.0685. The highest BCUT2D eigenvalue weighted by molar-refractivity contribution is 7.98. The number of aromatic nitrogens is 3. The lowest BCUT2D eigenvalue weighted by Crippen LogP contribution is -1.94. The summed E-state index contributed by atoms with van der Waals surface area (Å²) in [4.78, 5) is 10.5. The van der Waals surface area contributed by atoms with E-state index in [-0.39, 0.29) is 5.69 Å². The molecule has 0 amide bonds. The third-order valence-electron chi connectivity index (χ3n) is 1.62. The SMILES string of the molecule is Cc1nnc(SCc2cc(C(=O)O)no2)o1. The zero-order chi connectivity index (χ0) is 11.5. The number of rotatable bonds is 4. The maximum absolute atomic E-state index is 10.5. The first kappa shape index (κ1) is 10.7. The van der Waals surface area contributed by atoms with Crippen LogP contribution in [-0.2, 0) is 5.75 Å². The minimum Gasteiger partial charge on any atom is -0.476 e. The van der Waals surface area contributed by atoms with E-state index >= 15 is 0 Å². The molecule has 16 heavy (non-hydrogen) atoms. The quantitative estimate of drug-likeness (QED) is 0.800. The summed E-state index contributed by atoms with van der Waals surface area (Å²) in [6.07, 6.45) is 0. The van der Waals surface area contributed by atoms with Crippen LogP contribution in [0.1, 0.15) is 22.1 Å². The van der Waals surface area contributed by atoms with Crippen LogP contribution in [0.15, 0.2) is 20.2 Å². The second-order valence-corrected chi connectivity index (χ2v) is 3.79. The number of carbonyl (C=O) groups is 1. The van der Waals surface area contributed by atoms with Crippen LogP contribution < -0.4 is 0 Å². The number of carboxylic acid groups (broad SMARTS) is 1. The molecule has 8 heteroatoms. The lowest BCUT2D eigenvalue weighted by atomic mass is 10.4. The van der Waals surface area contributed by atoms with Gasteiger partial charge in [-0.1, -0.05) is 16.9 Å². The summed E-state index contributed by atoms with van der Waals surface area (Å²) in [5.41, 5.74) is -0.114. The van der Waals surface area contributed by atoms with Gasteiger partial charge in [0.05, 0.1) is 5.75 Å². The van der Waals surface area contributed by atoms with Crippen molar-refractivity contribution >= 4 is 17.7 Å². The van der Waals surface area contributed by atoms with Gasteiger partial charge in [0.1, 0.15) is 5.76 Å². The van der Waals surface area contributed by atoms with Gasteiger partial charge in [0.2, 0.25) is 5.89 Å². The van der Waals surface area contributed by atoms with Gasteiger partial charge in [-0.05, 0) is 0 Å². The maximum Gasteiger partial charge on any atom is 0.358 e. The van der Waals surface area contributed by atoms with E-state index in [4.69, 9.17) is 14.0 Å².